The third-order valence-corrected chi connectivity index (χ3v) is 7.56. The van der Waals surface area contributed by atoms with Crippen LogP contribution in [0.5, 0.6) is 5.75 Å². The Morgan fingerprint density at radius 3 is 2.73 bits per heavy atom. The van der Waals surface area contributed by atoms with Crippen molar-refractivity contribution < 1.29 is 9.53 Å². The maximum absolute atomic E-state index is 13.2. The van der Waals surface area contributed by atoms with Crippen LogP contribution in [0.1, 0.15) is 72.9 Å². The number of carbonyl (C=O) groups excluding carboxylic acids is 1. The molecule has 1 amide bonds. The minimum Gasteiger partial charge on any atom is -0.496 e. The van der Waals surface area contributed by atoms with Crippen LogP contribution in [0.3, 0.4) is 0 Å². The molecule has 5 rings (SSSR count). The summed E-state index contributed by atoms with van der Waals surface area (Å²) in [7, 11) is 1.68. The lowest BCUT2D eigenvalue weighted by Crippen LogP contribution is -2.36. The molecule has 2 aromatic rings. The van der Waals surface area contributed by atoms with E-state index in [1.807, 2.05) is 19.1 Å². The van der Waals surface area contributed by atoms with E-state index in [0.29, 0.717) is 23.3 Å². The zero-order chi connectivity index (χ0) is 22.8. The average Bonchev–Trinajstić information content (AvgIpc) is 3.46. The Balaban J connectivity index is 1.36. The highest BCUT2D eigenvalue weighted by atomic mass is 16.5. The predicted octanol–water partition coefficient (Wildman–Crippen LogP) is 4.46. The Bertz CT molecular complexity index is 1010. The number of benzene rings is 1. The summed E-state index contributed by atoms with van der Waals surface area (Å²) in [5.41, 5.74) is 3.22. The van der Waals surface area contributed by atoms with Crippen molar-refractivity contribution in [3.8, 4) is 5.75 Å². The van der Waals surface area contributed by atoms with Gasteiger partial charge in [0, 0.05) is 31.9 Å². The summed E-state index contributed by atoms with van der Waals surface area (Å²) >= 11 is 0. The number of amides is 1. The maximum atomic E-state index is 13.2. The first-order valence-corrected chi connectivity index (χ1v) is 12.4. The summed E-state index contributed by atoms with van der Waals surface area (Å²) in [6.45, 7) is 4.63. The molecule has 0 radical (unpaired) electrons. The number of hydrogen-bond acceptors (Lipinski definition) is 6. The second-order valence-corrected chi connectivity index (χ2v) is 10.1. The van der Waals surface area contributed by atoms with Crippen molar-refractivity contribution in [1.29, 1.82) is 0 Å². The molecule has 1 aromatic heterocycles. The number of anilines is 2. The van der Waals surface area contributed by atoms with Gasteiger partial charge in [-0.25, -0.2) is 4.98 Å². The van der Waals surface area contributed by atoms with E-state index < -0.39 is 0 Å². The highest BCUT2D eigenvalue weighted by molar-refractivity contribution is 5.98. The van der Waals surface area contributed by atoms with E-state index in [1.165, 1.54) is 38.5 Å². The van der Waals surface area contributed by atoms with Gasteiger partial charge in [-0.2, -0.15) is 4.98 Å². The zero-order valence-corrected chi connectivity index (χ0v) is 19.8. The highest BCUT2D eigenvalue weighted by Crippen LogP contribution is 2.53. The number of aryl methyl sites for hydroxylation is 1. The largest absolute Gasteiger partial charge is 0.496 e. The number of aromatic nitrogens is 2. The second-order valence-electron chi connectivity index (χ2n) is 10.1. The number of nitrogens with one attached hydrogen (secondary N) is 2. The summed E-state index contributed by atoms with van der Waals surface area (Å²) in [6, 6.07) is 6.37. The summed E-state index contributed by atoms with van der Waals surface area (Å²) in [5, 5.41) is 6.65. The van der Waals surface area contributed by atoms with Crippen molar-refractivity contribution in [3.63, 3.8) is 0 Å². The summed E-state index contributed by atoms with van der Waals surface area (Å²) in [5.74, 6) is 2.13. The van der Waals surface area contributed by atoms with E-state index in [9.17, 15) is 4.79 Å². The van der Waals surface area contributed by atoms with E-state index in [2.05, 4.69) is 26.6 Å². The molecular formula is C26H35N5O2. The van der Waals surface area contributed by atoms with Gasteiger partial charge in [0.1, 0.15) is 17.1 Å². The van der Waals surface area contributed by atoms with E-state index in [-0.39, 0.29) is 11.9 Å². The first-order valence-electron chi connectivity index (χ1n) is 12.4. The molecule has 1 aromatic carbocycles. The van der Waals surface area contributed by atoms with Gasteiger partial charge in [0.05, 0.1) is 7.11 Å². The Hall–Kier alpha value is -2.83. The fourth-order valence-corrected chi connectivity index (χ4v) is 5.26. The minimum absolute atomic E-state index is 0.0815. The molecule has 3 fully saturated rings. The highest BCUT2D eigenvalue weighted by Gasteiger charge is 2.48. The van der Waals surface area contributed by atoms with Crippen molar-refractivity contribution >= 4 is 17.7 Å². The number of nitrogens with zero attached hydrogens (tertiary/aromatic N) is 3. The van der Waals surface area contributed by atoms with Crippen LogP contribution in [-0.2, 0) is 6.54 Å². The number of ether oxygens (including phenoxy) is 1. The molecule has 33 heavy (non-hydrogen) atoms. The second kappa shape index (κ2) is 9.20. The van der Waals surface area contributed by atoms with Gasteiger partial charge in [-0.1, -0.05) is 31.4 Å². The standard InChI is InChI=1S/C26H35N5O2/c1-18-14-19(8-9-22(18)33-2)15-27-23-21(24(32)29-20-6-4-3-5-7-20)16-28-25(30-23)31-13-12-26(17-31)10-11-26/h8-9,14,16,20H,3-7,10-13,15,17H2,1-2H3,(H,29,32)(H,27,28,30). The molecule has 0 atom stereocenters. The van der Waals surface area contributed by atoms with Gasteiger partial charge in [0.25, 0.3) is 5.91 Å². The fraction of sp³-hybridized carbons (Fsp3) is 0.577. The molecule has 0 unspecified atom stereocenters. The van der Waals surface area contributed by atoms with Crippen LogP contribution >= 0.6 is 0 Å². The maximum Gasteiger partial charge on any atom is 0.256 e. The first kappa shape index (κ1) is 22.0. The lowest BCUT2D eigenvalue weighted by Gasteiger charge is -2.24. The van der Waals surface area contributed by atoms with Gasteiger partial charge < -0.3 is 20.3 Å². The Kier molecular flexibility index (Phi) is 6.13. The molecule has 3 aliphatic rings. The van der Waals surface area contributed by atoms with Crippen LogP contribution in [0, 0.1) is 12.3 Å². The van der Waals surface area contributed by atoms with Gasteiger partial charge in [0.15, 0.2) is 0 Å². The van der Waals surface area contributed by atoms with E-state index in [1.54, 1.807) is 13.3 Å². The van der Waals surface area contributed by atoms with E-state index in [4.69, 9.17) is 9.72 Å². The van der Waals surface area contributed by atoms with Crippen LogP contribution in [0.4, 0.5) is 11.8 Å². The van der Waals surface area contributed by atoms with E-state index in [0.717, 1.165) is 48.8 Å². The summed E-state index contributed by atoms with van der Waals surface area (Å²) in [6.07, 6.45) is 11.3. The molecule has 7 heteroatoms. The molecule has 2 N–H and O–H groups in total. The van der Waals surface area contributed by atoms with Crippen LogP contribution in [-0.4, -0.2) is 42.1 Å². The number of hydrogen-bond donors (Lipinski definition) is 2. The molecule has 1 aliphatic heterocycles. The molecule has 2 saturated carbocycles. The van der Waals surface area contributed by atoms with Crippen molar-refractivity contribution in [2.45, 2.75) is 70.9 Å². The molecule has 2 heterocycles. The molecule has 1 saturated heterocycles. The minimum atomic E-state index is -0.0815. The van der Waals surface area contributed by atoms with Crippen LogP contribution in [0.25, 0.3) is 0 Å². The molecule has 7 nitrogen and oxygen atoms in total. The van der Waals surface area contributed by atoms with Gasteiger partial charge in [-0.05, 0) is 61.6 Å². The Labute approximate surface area is 196 Å². The van der Waals surface area contributed by atoms with Crippen LogP contribution in [0.2, 0.25) is 0 Å². The monoisotopic (exact) mass is 449 g/mol. The third kappa shape index (κ3) is 4.92. The van der Waals surface area contributed by atoms with Crippen molar-refractivity contribution in [3.05, 3.63) is 41.1 Å². The van der Waals surface area contributed by atoms with Crippen LogP contribution < -0.4 is 20.3 Å². The number of methoxy groups -OCH3 is 1. The van der Waals surface area contributed by atoms with Crippen molar-refractivity contribution in [2.75, 3.05) is 30.4 Å². The molecular weight excluding hydrogens is 414 g/mol. The Morgan fingerprint density at radius 2 is 2.03 bits per heavy atom. The smallest absolute Gasteiger partial charge is 0.256 e. The topological polar surface area (TPSA) is 79.4 Å². The van der Waals surface area contributed by atoms with Crippen molar-refractivity contribution in [2.24, 2.45) is 5.41 Å². The molecule has 176 valence electrons. The summed E-state index contributed by atoms with van der Waals surface area (Å²) < 4.78 is 5.38. The average molecular weight is 450 g/mol. The zero-order valence-electron chi connectivity index (χ0n) is 19.8. The lowest BCUT2D eigenvalue weighted by atomic mass is 9.95. The predicted molar refractivity (Wildman–Crippen MR) is 130 cm³/mol. The van der Waals surface area contributed by atoms with Gasteiger partial charge in [0.2, 0.25) is 5.95 Å². The van der Waals surface area contributed by atoms with Gasteiger partial charge >= 0.3 is 0 Å². The van der Waals surface area contributed by atoms with E-state index >= 15 is 0 Å². The summed E-state index contributed by atoms with van der Waals surface area (Å²) in [4.78, 5) is 24.9. The first-order chi connectivity index (χ1) is 16.0. The SMILES string of the molecule is COc1ccc(CNc2nc(N3CCC4(CC4)C3)ncc2C(=O)NC2CCCCC2)cc1C. The molecule has 0 bridgehead atoms. The van der Waals surface area contributed by atoms with Gasteiger partial charge in [-0.3, -0.25) is 4.79 Å². The normalized spacial score (nSPS) is 19.5. The van der Waals surface area contributed by atoms with Gasteiger partial charge in [-0.15, -0.1) is 0 Å². The van der Waals surface area contributed by atoms with Crippen LogP contribution in [0.15, 0.2) is 24.4 Å². The lowest BCUT2D eigenvalue weighted by molar-refractivity contribution is 0.0928. The molecule has 2 aliphatic carbocycles. The quantitative estimate of drug-likeness (QED) is 0.650. The fourth-order valence-electron chi connectivity index (χ4n) is 5.26. The Morgan fingerprint density at radius 1 is 1.21 bits per heavy atom. The third-order valence-electron chi connectivity index (χ3n) is 7.56. The molecule has 1 spiro atoms. The number of carbonyl (C=O) groups is 1. The van der Waals surface area contributed by atoms with Crippen molar-refractivity contribution in [1.82, 2.24) is 15.3 Å². The number of rotatable bonds is 7.